The Bertz CT molecular complexity index is 513. The van der Waals surface area contributed by atoms with E-state index in [1.54, 1.807) is 0 Å². The van der Waals surface area contributed by atoms with Gasteiger partial charge in [-0.2, -0.15) is 0 Å². The molecule has 0 saturated carbocycles. The molecule has 1 aromatic rings. The number of benzene rings is 1. The lowest BCUT2D eigenvalue weighted by molar-refractivity contribution is 0.211. The van der Waals surface area contributed by atoms with E-state index in [9.17, 15) is 13.0 Å². The highest BCUT2D eigenvalue weighted by Crippen LogP contribution is 2.47. The molecule has 0 saturated heterocycles. The summed E-state index contributed by atoms with van der Waals surface area (Å²) in [6, 6.07) is 5.45. The Morgan fingerprint density at radius 1 is 1.06 bits per heavy atom. The van der Waals surface area contributed by atoms with E-state index >= 15 is 0 Å². The monoisotopic (exact) mass is 280 g/mol. The van der Waals surface area contributed by atoms with Gasteiger partial charge in [0.05, 0.1) is 4.90 Å². The smallest absolute Gasteiger partial charge is 0.404 e. The first kappa shape index (κ1) is 14.2. The lowest BCUT2D eigenvalue weighted by Crippen LogP contribution is -1.99. The second-order valence-electron chi connectivity index (χ2n) is 3.15. The normalized spacial score (nSPS) is 12.4. The van der Waals surface area contributed by atoms with Gasteiger partial charge in [0, 0.05) is 20.5 Å². The van der Waals surface area contributed by atoms with E-state index in [2.05, 4.69) is 9.05 Å². The molecule has 0 amide bonds. The molecule has 0 aliphatic heterocycles. The lowest BCUT2D eigenvalue weighted by Gasteiger charge is -2.14. The first-order chi connectivity index (χ1) is 7.80. The number of phosphoric ester groups is 1. The van der Waals surface area contributed by atoms with Crippen molar-refractivity contribution in [3.8, 4) is 5.75 Å². The van der Waals surface area contributed by atoms with Crippen molar-refractivity contribution in [1.29, 1.82) is 0 Å². The maximum atomic E-state index is 11.6. The summed E-state index contributed by atoms with van der Waals surface area (Å²) in [6.45, 7) is 0. The Balaban J connectivity index is 2.93. The van der Waals surface area contributed by atoms with E-state index in [0.717, 1.165) is 6.26 Å². The third kappa shape index (κ3) is 3.81. The molecule has 0 aromatic heterocycles. The van der Waals surface area contributed by atoms with Gasteiger partial charge in [-0.1, -0.05) is 0 Å². The van der Waals surface area contributed by atoms with Crippen LogP contribution in [-0.2, 0) is 23.4 Å². The van der Waals surface area contributed by atoms with Gasteiger partial charge in [-0.3, -0.25) is 9.05 Å². The van der Waals surface area contributed by atoms with Crippen LogP contribution in [0.5, 0.6) is 5.75 Å². The average molecular weight is 280 g/mol. The van der Waals surface area contributed by atoms with Crippen LogP contribution in [0.15, 0.2) is 29.2 Å². The highest BCUT2D eigenvalue weighted by molar-refractivity contribution is 7.90. The fourth-order valence-corrected chi connectivity index (χ4v) is 2.33. The van der Waals surface area contributed by atoms with Crippen LogP contribution in [0.4, 0.5) is 0 Å². The molecule has 0 aliphatic carbocycles. The molecule has 0 radical (unpaired) electrons. The zero-order valence-electron chi connectivity index (χ0n) is 9.61. The molecule has 1 rings (SSSR count). The number of sulfone groups is 1. The summed E-state index contributed by atoms with van der Waals surface area (Å²) < 4.78 is 48.2. The minimum atomic E-state index is -3.61. The number of hydrogen-bond donors (Lipinski definition) is 0. The third-order valence-corrected chi connectivity index (χ3v) is 4.37. The highest BCUT2D eigenvalue weighted by atomic mass is 32.2. The van der Waals surface area contributed by atoms with Crippen molar-refractivity contribution in [2.45, 2.75) is 4.90 Å². The van der Waals surface area contributed by atoms with E-state index in [4.69, 9.17) is 4.52 Å². The largest absolute Gasteiger partial charge is 0.529 e. The molecule has 6 nitrogen and oxygen atoms in total. The molecule has 0 spiro atoms. The molecule has 0 unspecified atom stereocenters. The molecule has 0 fully saturated rings. The molecule has 0 N–H and O–H groups in total. The second kappa shape index (κ2) is 5.18. The van der Waals surface area contributed by atoms with Gasteiger partial charge < -0.3 is 4.52 Å². The predicted octanol–water partition coefficient (Wildman–Crippen LogP) is 1.87. The third-order valence-electron chi connectivity index (χ3n) is 1.92. The summed E-state index contributed by atoms with van der Waals surface area (Å²) in [5.74, 6) is 0.199. The van der Waals surface area contributed by atoms with Crippen LogP contribution in [0.25, 0.3) is 0 Å². The quantitative estimate of drug-likeness (QED) is 0.766. The zero-order chi connectivity index (χ0) is 13.1. The minimum Gasteiger partial charge on any atom is -0.404 e. The van der Waals surface area contributed by atoms with Crippen molar-refractivity contribution in [3.05, 3.63) is 24.3 Å². The molecule has 17 heavy (non-hydrogen) atoms. The van der Waals surface area contributed by atoms with Gasteiger partial charge in [-0.25, -0.2) is 13.0 Å². The fraction of sp³-hybridized carbons (Fsp3) is 0.333. The summed E-state index contributed by atoms with van der Waals surface area (Å²) in [5, 5.41) is 0. The van der Waals surface area contributed by atoms with Crippen LogP contribution < -0.4 is 4.52 Å². The van der Waals surface area contributed by atoms with Crippen molar-refractivity contribution in [3.63, 3.8) is 0 Å². The predicted molar refractivity (Wildman–Crippen MR) is 61.8 cm³/mol. The molecule has 0 heterocycles. The summed E-state index contributed by atoms with van der Waals surface area (Å²) in [4.78, 5) is 0.148. The van der Waals surface area contributed by atoms with E-state index in [1.807, 2.05) is 0 Å². The first-order valence-electron chi connectivity index (χ1n) is 4.52. The standard InChI is InChI=1S/C9H13O6PS/c1-13-16(10,14-2)15-8-4-6-9(7-5-8)17(3,11)12/h4-7H,1-3H3. The van der Waals surface area contributed by atoms with Crippen molar-refractivity contribution < 1.29 is 26.6 Å². The number of hydrogen-bond acceptors (Lipinski definition) is 6. The molecule has 0 aliphatic rings. The summed E-state index contributed by atoms with van der Waals surface area (Å²) in [6.07, 6.45) is 1.10. The van der Waals surface area contributed by atoms with Gasteiger partial charge in [0.15, 0.2) is 9.84 Å². The summed E-state index contributed by atoms with van der Waals surface area (Å²) >= 11 is 0. The minimum absolute atomic E-state index is 0.148. The first-order valence-corrected chi connectivity index (χ1v) is 7.87. The highest BCUT2D eigenvalue weighted by Gasteiger charge is 2.24. The fourth-order valence-electron chi connectivity index (χ4n) is 1.03. The molecule has 0 atom stereocenters. The van der Waals surface area contributed by atoms with Gasteiger partial charge in [-0.05, 0) is 24.3 Å². The van der Waals surface area contributed by atoms with Gasteiger partial charge in [0.25, 0.3) is 0 Å². The Morgan fingerprint density at radius 3 is 1.88 bits per heavy atom. The SMILES string of the molecule is COP(=O)(OC)Oc1ccc(S(C)(=O)=O)cc1. The number of phosphoric acid groups is 1. The van der Waals surface area contributed by atoms with E-state index in [-0.39, 0.29) is 10.6 Å². The van der Waals surface area contributed by atoms with Crippen molar-refractivity contribution in [2.75, 3.05) is 20.5 Å². The van der Waals surface area contributed by atoms with Crippen LogP contribution in [-0.4, -0.2) is 28.9 Å². The maximum absolute atomic E-state index is 11.6. The Kier molecular flexibility index (Phi) is 4.32. The van der Waals surface area contributed by atoms with Crippen molar-refractivity contribution in [2.24, 2.45) is 0 Å². The summed E-state index contributed by atoms with van der Waals surface area (Å²) in [7, 11) is -4.49. The van der Waals surface area contributed by atoms with E-state index in [1.165, 1.54) is 38.5 Å². The van der Waals surface area contributed by atoms with Crippen molar-refractivity contribution in [1.82, 2.24) is 0 Å². The molecule has 0 bridgehead atoms. The number of rotatable bonds is 5. The van der Waals surface area contributed by atoms with Crippen LogP contribution in [0.2, 0.25) is 0 Å². The molecular formula is C9H13O6PS. The van der Waals surface area contributed by atoms with Gasteiger partial charge in [-0.15, -0.1) is 0 Å². The molecule has 96 valence electrons. The van der Waals surface area contributed by atoms with Crippen LogP contribution in [0, 0.1) is 0 Å². The van der Waals surface area contributed by atoms with Crippen LogP contribution in [0.3, 0.4) is 0 Å². The van der Waals surface area contributed by atoms with E-state index in [0.29, 0.717) is 0 Å². The Hall–Kier alpha value is -0.880. The molecular weight excluding hydrogens is 267 g/mol. The van der Waals surface area contributed by atoms with Gasteiger partial charge in [0.2, 0.25) is 0 Å². The van der Waals surface area contributed by atoms with Gasteiger partial charge >= 0.3 is 7.82 Å². The molecule has 8 heteroatoms. The Labute approximate surface area is 100 Å². The topological polar surface area (TPSA) is 78.9 Å². The van der Waals surface area contributed by atoms with Crippen molar-refractivity contribution >= 4 is 17.7 Å². The Morgan fingerprint density at radius 2 is 1.53 bits per heavy atom. The maximum Gasteiger partial charge on any atom is 0.529 e. The van der Waals surface area contributed by atoms with E-state index < -0.39 is 17.7 Å². The molecule has 1 aromatic carbocycles. The second-order valence-corrected chi connectivity index (χ2v) is 6.97. The van der Waals surface area contributed by atoms with Crippen LogP contribution >= 0.6 is 7.82 Å². The van der Waals surface area contributed by atoms with Gasteiger partial charge in [0.1, 0.15) is 5.75 Å². The zero-order valence-corrected chi connectivity index (χ0v) is 11.3. The average Bonchev–Trinajstić information content (AvgIpc) is 2.28. The summed E-state index contributed by atoms with van der Waals surface area (Å²) in [5.41, 5.74) is 0. The van der Waals surface area contributed by atoms with Crippen LogP contribution in [0.1, 0.15) is 0 Å². The lowest BCUT2D eigenvalue weighted by atomic mass is 10.3.